The Labute approximate surface area is 134 Å². The van der Waals surface area contributed by atoms with Gasteiger partial charge in [-0.15, -0.1) is 0 Å². The molecule has 7 heteroatoms. The highest BCUT2D eigenvalue weighted by atomic mass is 28.4. The second kappa shape index (κ2) is 7.46. The van der Waals surface area contributed by atoms with Crippen LogP contribution in [0.1, 0.15) is 48.0 Å². The Bertz CT molecular complexity index is 396. The number of carboxylic acid groups (broad SMARTS) is 1. The van der Waals surface area contributed by atoms with Crippen LogP contribution < -0.4 is 5.32 Å². The van der Waals surface area contributed by atoms with Crippen molar-refractivity contribution < 1.29 is 23.9 Å². The Morgan fingerprint density at radius 2 is 1.64 bits per heavy atom. The van der Waals surface area contributed by atoms with E-state index in [1.807, 2.05) is 0 Å². The molecule has 6 nitrogen and oxygen atoms in total. The summed E-state index contributed by atoms with van der Waals surface area (Å²) in [7, 11) is -2.00. The largest absolute Gasteiger partial charge is 0.481 e. The van der Waals surface area contributed by atoms with Crippen LogP contribution in [0.4, 0.5) is 4.79 Å². The summed E-state index contributed by atoms with van der Waals surface area (Å²) < 4.78 is 11.2. The first-order valence-electron chi connectivity index (χ1n) is 7.49. The molecule has 0 aliphatic carbocycles. The summed E-state index contributed by atoms with van der Waals surface area (Å²) in [6.07, 6.45) is -0.828. The third-order valence-corrected chi connectivity index (χ3v) is 8.09. The number of hydrogen-bond donors (Lipinski definition) is 2. The molecule has 0 fully saturated rings. The van der Waals surface area contributed by atoms with Crippen molar-refractivity contribution in [2.45, 2.75) is 77.7 Å². The summed E-state index contributed by atoms with van der Waals surface area (Å²) in [4.78, 5) is 22.8. The van der Waals surface area contributed by atoms with Gasteiger partial charge in [0.1, 0.15) is 5.60 Å². The molecule has 22 heavy (non-hydrogen) atoms. The van der Waals surface area contributed by atoms with Crippen LogP contribution in [0.15, 0.2) is 0 Å². The molecule has 0 aliphatic heterocycles. The van der Waals surface area contributed by atoms with E-state index in [0.29, 0.717) is 0 Å². The van der Waals surface area contributed by atoms with E-state index in [4.69, 9.17) is 14.3 Å². The second-order valence-electron chi connectivity index (χ2n) is 8.01. The summed E-state index contributed by atoms with van der Waals surface area (Å²) in [5, 5.41) is 11.6. The van der Waals surface area contributed by atoms with Gasteiger partial charge in [-0.1, -0.05) is 20.8 Å². The zero-order chi connectivity index (χ0) is 17.8. The third-order valence-electron chi connectivity index (χ3n) is 3.59. The van der Waals surface area contributed by atoms with Crippen molar-refractivity contribution in [2.75, 3.05) is 6.61 Å². The van der Waals surface area contributed by atoms with Gasteiger partial charge in [0.25, 0.3) is 0 Å². The van der Waals surface area contributed by atoms with Gasteiger partial charge in [-0.25, -0.2) is 4.79 Å². The van der Waals surface area contributed by atoms with E-state index in [9.17, 15) is 9.59 Å². The lowest BCUT2D eigenvalue weighted by Crippen LogP contribution is -2.47. The first-order valence-corrected chi connectivity index (χ1v) is 10.4. The third kappa shape index (κ3) is 8.38. The molecule has 1 amide bonds. The van der Waals surface area contributed by atoms with Crippen LogP contribution in [0.3, 0.4) is 0 Å². The maximum Gasteiger partial charge on any atom is 0.407 e. The number of hydrogen-bond acceptors (Lipinski definition) is 4. The van der Waals surface area contributed by atoms with Crippen molar-refractivity contribution in [3.05, 3.63) is 0 Å². The van der Waals surface area contributed by atoms with E-state index < -0.39 is 32.0 Å². The quantitative estimate of drug-likeness (QED) is 0.728. The number of rotatable bonds is 6. The summed E-state index contributed by atoms with van der Waals surface area (Å²) >= 11 is 0. The van der Waals surface area contributed by atoms with Crippen LogP contribution in [-0.2, 0) is 14.0 Å². The fraction of sp³-hybridized carbons (Fsp3) is 0.867. The maximum absolute atomic E-state index is 11.8. The molecule has 0 rings (SSSR count). The average molecular weight is 334 g/mol. The minimum Gasteiger partial charge on any atom is -0.481 e. The zero-order valence-corrected chi connectivity index (χ0v) is 16.1. The van der Waals surface area contributed by atoms with E-state index in [0.717, 1.165) is 0 Å². The van der Waals surface area contributed by atoms with Crippen LogP contribution in [-0.4, -0.2) is 43.7 Å². The van der Waals surface area contributed by atoms with Crippen molar-refractivity contribution in [2.24, 2.45) is 0 Å². The lowest BCUT2D eigenvalue weighted by molar-refractivity contribution is -0.137. The summed E-state index contributed by atoms with van der Waals surface area (Å²) in [5.41, 5.74) is -0.627. The Kier molecular flexibility index (Phi) is 7.09. The highest BCUT2D eigenvalue weighted by Gasteiger charge is 2.38. The van der Waals surface area contributed by atoms with Crippen LogP contribution in [0.2, 0.25) is 18.1 Å². The lowest BCUT2D eigenvalue weighted by Gasteiger charge is -2.37. The molecule has 0 aromatic carbocycles. The molecule has 0 heterocycles. The van der Waals surface area contributed by atoms with E-state index >= 15 is 0 Å². The molecule has 130 valence electrons. The van der Waals surface area contributed by atoms with Gasteiger partial charge >= 0.3 is 12.1 Å². The summed E-state index contributed by atoms with van der Waals surface area (Å²) in [6, 6.07) is -0.610. The van der Waals surface area contributed by atoms with Crippen molar-refractivity contribution in [1.82, 2.24) is 5.32 Å². The van der Waals surface area contributed by atoms with Crippen molar-refractivity contribution in [1.29, 1.82) is 0 Å². The Morgan fingerprint density at radius 3 is 2.00 bits per heavy atom. The van der Waals surface area contributed by atoms with Gasteiger partial charge in [0.2, 0.25) is 0 Å². The number of aliphatic carboxylic acids is 1. The topological polar surface area (TPSA) is 84.9 Å². The predicted octanol–water partition coefficient (Wildman–Crippen LogP) is 3.38. The van der Waals surface area contributed by atoms with Gasteiger partial charge in [0.05, 0.1) is 19.1 Å². The molecule has 0 bridgehead atoms. The van der Waals surface area contributed by atoms with Crippen molar-refractivity contribution in [3.8, 4) is 0 Å². The molecular formula is C15H31NO5Si. The van der Waals surface area contributed by atoms with Gasteiger partial charge in [-0.2, -0.15) is 0 Å². The van der Waals surface area contributed by atoms with Gasteiger partial charge in [0.15, 0.2) is 8.32 Å². The molecule has 0 aromatic heterocycles. The lowest BCUT2D eigenvalue weighted by atomic mass is 10.2. The Balaban J connectivity index is 4.73. The number of carboxylic acids is 1. The SMILES string of the molecule is CC(C)(C)OC(=O)N[C@@H](CO[Si](C)(C)C(C)(C)C)CC(=O)O. The highest BCUT2D eigenvalue weighted by molar-refractivity contribution is 6.74. The average Bonchev–Trinajstić information content (AvgIpc) is 2.20. The Morgan fingerprint density at radius 1 is 1.14 bits per heavy atom. The zero-order valence-electron chi connectivity index (χ0n) is 15.1. The summed E-state index contributed by atoms with van der Waals surface area (Å²) in [5.74, 6) is -0.986. The fourth-order valence-corrected chi connectivity index (χ4v) is 2.41. The van der Waals surface area contributed by atoms with Crippen LogP contribution in [0.5, 0.6) is 0 Å². The van der Waals surface area contributed by atoms with Crippen molar-refractivity contribution >= 4 is 20.4 Å². The van der Waals surface area contributed by atoms with E-state index in [2.05, 4.69) is 39.2 Å². The number of ether oxygens (including phenoxy) is 1. The molecule has 2 N–H and O–H groups in total. The number of alkyl carbamates (subject to hydrolysis) is 1. The number of nitrogens with one attached hydrogen (secondary N) is 1. The van der Waals surface area contributed by atoms with Gasteiger partial charge in [0, 0.05) is 0 Å². The molecule has 0 saturated carbocycles. The maximum atomic E-state index is 11.8. The smallest absolute Gasteiger partial charge is 0.407 e. The molecule has 0 unspecified atom stereocenters. The van der Waals surface area contributed by atoms with Gasteiger partial charge in [-0.3, -0.25) is 4.79 Å². The van der Waals surface area contributed by atoms with Crippen molar-refractivity contribution in [3.63, 3.8) is 0 Å². The highest BCUT2D eigenvalue weighted by Crippen LogP contribution is 2.36. The minimum atomic E-state index is -2.00. The predicted molar refractivity (Wildman–Crippen MR) is 88.6 cm³/mol. The fourth-order valence-electron chi connectivity index (χ4n) is 1.36. The monoisotopic (exact) mass is 333 g/mol. The first kappa shape index (κ1) is 20.9. The molecule has 0 saturated heterocycles. The second-order valence-corrected chi connectivity index (χ2v) is 12.8. The summed E-state index contributed by atoms with van der Waals surface area (Å²) in [6.45, 7) is 15.9. The minimum absolute atomic E-state index is 0.0205. The van der Waals surface area contributed by atoms with Crippen LogP contribution >= 0.6 is 0 Å². The standard InChI is InChI=1S/C15H31NO5Si/c1-14(2,3)21-13(19)16-11(9-12(17)18)10-20-22(7,8)15(4,5)6/h11H,9-10H2,1-8H3,(H,16,19)(H,17,18)/t11-/m1/s1. The van der Waals surface area contributed by atoms with Crippen LogP contribution in [0, 0.1) is 0 Å². The van der Waals surface area contributed by atoms with Crippen LogP contribution in [0.25, 0.3) is 0 Å². The van der Waals surface area contributed by atoms with Gasteiger partial charge in [-0.05, 0) is 38.9 Å². The molecule has 0 aromatic rings. The number of carbonyl (C=O) groups is 2. The molecule has 0 aliphatic rings. The number of carbonyl (C=O) groups excluding carboxylic acids is 1. The molecule has 0 radical (unpaired) electrons. The molecule has 0 spiro atoms. The van der Waals surface area contributed by atoms with E-state index in [1.54, 1.807) is 20.8 Å². The molecule has 1 atom stereocenters. The van der Waals surface area contributed by atoms with E-state index in [1.165, 1.54) is 0 Å². The molecular weight excluding hydrogens is 302 g/mol. The first-order chi connectivity index (χ1) is 9.64. The van der Waals surface area contributed by atoms with Gasteiger partial charge < -0.3 is 19.6 Å². The normalized spacial score (nSPS) is 14.4. The number of amides is 1. The Hall–Kier alpha value is -1.08. The van der Waals surface area contributed by atoms with E-state index in [-0.39, 0.29) is 18.1 Å².